The van der Waals surface area contributed by atoms with Crippen molar-refractivity contribution in [2.24, 2.45) is 0 Å². The van der Waals surface area contributed by atoms with Crippen LogP contribution < -0.4 is 25.2 Å². The van der Waals surface area contributed by atoms with Crippen LogP contribution in [-0.4, -0.2) is 80.8 Å². The van der Waals surface area contributed by atoms with Crippen molar-refractivity contribution in [2.75, 3.05) is 44.5 Å². The van der Waals surface area contributed by atoms with Crippen molar-refractivity contribution in [1.29, 1.82) is 0 Å². The molecule has 2 amide bonds. The Hall–Kier alpha value is -2.65. The van der Waals surface area contributed by atoms with Gasteiger partial charge >= 0.3 is 6.01 Å². The number of anilines is 1. The zero-order chi connectivity index (χ0) is 26.5. The number of hydroxylamine groups is 1. The maximum atomic E-state index is 12.6. The predicted octanol–water partition coefficient (Wildman–Crippen LogP) is 1.04. The molecule has 0 unspecified atom stereocenters. The summed E-state index contributed by atoms with van der Waals surface area (Å²) in [6, 6.07) is 1.30. The van der Waals surface area contributed by atoms with Gasteiger partial charge in [0.1, 0.15) is 23.8 Å². The van der Waals surface area contributed by atoms with E-state index in [4.69, 9.17) is 27.9 Å². The molecule has 0 bridgehead atoms. The molecule has 0 aliphatic carbocycles. The maximum absolute atomic E-state index is 12.6. The molecule has 0 radical (unpaired) electrons. The van der Waals surface area contributed by atoms with Gasteiger partial charge in [0.05, 0.1) is 23.4 Å². The first kappa shape index (κ1) is 27.9. The molecule has 0 saturated carbocycles. The van der Waals surface area contributed by atoms with Crippen LogP contribution >= 0.6 is 23.2 Å². The highest BCUT2D eigenvalue weighted by Crippen LogP contribution is 2.29. The Morgan fingerprint density at radius 1 is 1.19 bits per heavy atom. The smallest absolute Gasteiger partial charge is 0.319 e. The van der Waals surface area contributed by atoms with Crippen LogP contribution in [0.4, 0.5) is 5.82 Å². The van der Waals surface area contributed by atoms with E-state index in [1.54, 1.807) is 6.92 Å². The lowest BCUT2D eigenvalue weighted by molar-refractivity contribution is 0.0531. The van der Waals surface area contributed by atoms with Crippen LogP contribution in [0, 0.1) is 6.92 Å². The molecule has 1 aliphatic rings. The highest BCUT2D eigenvalue weighted by molar-refractivity contribution is 7.88. The summed E-state index contributed by atoms with van der Waals surface area (Å²) in [7, 11) is -2.08. The second-order valence-electron chi connectivity index (χ2n) is 8.03. The van der Waals surface area contributed by atoms with Gasteiger partial charge in [0, 0.05) is 37.4 Å². The number of amides is 2. The van der Waals surface area contributed by atoms with Crippen molar-refractivity contribution >= 4 is 50.9 Å². The average molecular weight is 564 g/mol. The van der Waals surface area contributed by atoms with Gasteiger partial charge in [0.2, 0.25) is 10.0 Å². The molecule has 1 saturated heterocycles. The first-order valence-electron chi connectivity index (χ1n) is 10.9. The number of aromatic nitrogens is 3. The molecule has 0 atom stereocenters. The monoisotopic (exact) mass is 563 g/mol. The number of hydrogen-bond donors (Lipinski definition) is 4. The summed E-state index contributed by atoms with van der Waals surface area (Å²) in [6.07, 6.45) is 2.25. The van der Waals surface area contributed by atoms with Crippen molar-refractivity contribution in [3.8, 4) is 6.01 Å². The fourth-order valence-electron chi connectivity index (χ4n) is 3.51. The van der Waals surface area contributed by atoms with Gasteiger partial charge in [-0.15, -0.1) is 0 Å². The lowest BCUT2D eigenvalue weighted by Gasteiger charge is -2.33. The standard InChI is InChI=1S/C20H27Cl2N7O6S/c1-11-15(21)16(22)17(24-11)19(31)25-12-4-7-29(8-5-12)14-10-13(18(30)28-34-2)26-20(27-14)35-9-6-23-36(3,32)33/h10,12,23-24H,4-9H2,1-3H3,(H,25,31)(H,28,30). The van der Waals surface area contributed by atoms with Gasteiger partial charge in [-0.2, -0.15) is 9.97 Å². The van der Waals surface area contributed by atoms with E-state index < -0.39 is 15.9 Å². The Morgan fingerprint density at radius 2 is 1.89 bits per heavy atom. The Labute approximate surface area is 218 Å². The third kappa shape index (κ3) is 7.43. The van der Waals surface area contributed by atoms with Gasteiger partial charge in [0.25, 0.3) is 11.8 Å². The molecular formula is C20H27Cl2N7O6S. The van der Waals surface area contributed by atoms with Crippen LogP contribution in [0.5, 0.6) is 6.01 Å². The van der Waals surface area contributed by atoms with Crippen molar-refractivity contribution in [1.82, 2.24) is 30.5 Å². The molecule has 3 heterocycles. The minimum atomic E-state index is -3.37. The number of rotatable bonds is 10. The Balaban J connectivity index is 1.66. The third-order valence-corrected chi connectivity index (χ3v) is 6.93. The van der Waals surface area contributed by atoms with Gasteiger partial charge in [0.15, 0.2) is 0 Å². The van der Waals surface area contributed by atoms with E-state index in [1.807, 2.05) is 4.90 Å². The fourth-order valence-corrected chi connectivity index (χ4v) is 4.38. The van der Waals surface area contributed by atoms with Crippen LogP contribution in [0.2, 0.25) is 10.0 Å². The second-order valence-corrected chi connectivity index (χ2v) is 10.6. The first-order valence-corrected chi connectivity index (χ1v) is 13.5. The number of nitrogens with one attached hydrogen (secondary N) is 4. The molecule has 2 aromatic rings. The lowest BCUT2D eigenvalue weighted by Crippen LogP contribution is -2.45. The number of nitrogens with zero attached hydrogens (tertiary/aromatic N) is 3. The summed E-state index contributed by atoms with van der Waals surface area (Å²) in [5.41, 5.74) is 3.04. The van der Waals surface area contributed by atoms with Gasteiger partial charge < -0.3 is 19.9 Å². The predicted molar refractivity (Wildman–Crippen MR) is 133 cm³/mol. The molecule has 0 aromatic carbocycles. The van der Waals surface area contributed by atoms with Crippen LogP contribution in [0.3, 0.4) is 0 Å². The van der Waals surface area contributed by atoms with Crippen LogP contribution in [0.1, 0.15) is 39.5 Å². The Kier molecular flexibility index (Phi) is 9.35. The molecule has 0 spiro atoms. The Bertz CT molecular complexity index is 1220. The largest absolute Gasteiger partial charge is 0.462 e. The average Bonchev–Trinajstić information content (AvgIpc) is 3.09. The molecule has 4 N–H and O–H groups in total. The van der Waals surface area contributed by atoms with E-state index in [0.717, 1.165) is 6.26 Å². The molecule has 3 rings (SSSR count). The van der Waals surface area contributed by atoms with E-state index in [1.165, 1.54) is 13.2 Å². The van der Waals surface area contributed by atoms with Crippen molar-refractivity contribution < 1.29 is 27.6 Å². The molecule has 198 valence electrons. The summed E-state index contributed by atoms with van der Waals surface area (Å²) in [5.74, 6) is -0.497. The second kappa shape index (κ2) is 12.1. The summed E-state index contributed by atoms with van der Waals surface area (Å²) in [4.78, 5) is 42.9. The number of carbonyl (C=O) groups excluding carboxylic acids is 2. The molecule has 1 aliphatic heterocycles. The minimum Gasteiger partial charge on any atom is -0.462 e. The van der Waals surface area contributed by atoms with E-state index in [2.05, 4.69) is 35.3 Å². The highest BCUT2D eigenvalue weighted by Gasteiger charge is 2.26. The number of halogens is 2. The van der Waals surface area contributed by atoms with Gasteiger partial charge in [-0.3, -0.25) is 14.4 Å². The number of ether oxygens (including phenoxy) is 1. The topological polar surface area (TPSA) is 168 Å². The van der Waals surface area contributed by atoms with Crippen LogP contribution in [0.25, 0.3) is 0 Å². The quantitative estimate of drug-likeness (QED) is 0.243. The van der Waals surface area contributed by atoms with E-state index >= 15 is 0 Å². The summed E-state index contributed by atoms with van der Waals surface area (Å²) in [6.45, 7) is 2.75. The van der Waals surface area contributed by atoms with Crippen molar-refractivity contribution in [2.45, 2.75) is 25.8 Å². The molecule has 36 heavy (non-hydrogen) atoms. The van der Waals surface area contributed by atoms with Crippen molar-refractivity contribution in [3.05, 3.63) is 33.2 Å². The number of sulfonamides is 1. The van der Waals surface area contributed by atoms with Gasteiger partial charge in [-0.05, 0) is 19.8 Å². The highest BCUT2D eigenvalue weighted by atomic mass is 35.5. The molecule has 2 aromatic heterocycles. The number of aromatic amines is 1. The number of carbonyl (C=O) groups is 2. The molecular weight excluding hydrogens is 537 g/mol. The fraction of sp³-hybridized carbons (Fsp3) is 0.500. The third-order valence-electron chi connectivity index (χ3n) is 5.25. The zero-order valence-electron chi connectivity index (χ0n) is 19.9. The molecule has 16 heteroatoms. The van der Waals surface area contributed by atoms with Gasteiger partial charge in [-0.25, -0.2) is 18.6 Å². The number of H-pyrrole nitrogens is 1. The van der Waals surface area contributed by atoms with E-state index in [9.17, 15) is 18.0 Å². The Morgan fingerprint density at radius 3 is 2.47 bits per heavy atom. The van der Waals surface area contributed by atoms with E-state index in [-0.39, 0.29) is 47.5 Å². The molecule has 1 fully saturated rings. The number of piperidine rings is 1. The SMILES string of the molecule is CONC(=O)c1cc(N2CCC(NC(=O)c3[nH]c(C)c(Cl)c3Cl)CC2)nc(OCCNS(C)(=O)=O)n1. The van der Waals surface area contributed by atoms with Crippen molar-refractivity contribution in [3.63, 3.8) is 0 Å². The van der Waals surface area contributed by atoms with Crippen LogP contribution in [-0.2, 0) is 14.9 Å². The normalized spacial score (nSPS) is 14.5. The van der Waals surface area contributed by atoms with Gasteiger partial charge in [-0.1, -0.05) is 23.2 Å². The first-order chi connectivity index (χ1) is 17.0. The summed E-state index contributed by atoms with van der Waals surface area (Å²) in [5, 5.41) is 3.46. The number of hydrogen-bond acceptors (Lipinski definition) is 9. The lowest BCUT2D eigenvalue weighted by atomic mass is 10.0. The minimum absolute atomic E-state index is 0.00663. The molecule has 13 nitrogen and oxygen atoms in total. The summed E-state index contributed by atoms with van der Waals surface area (Å²) >= 11 is 12.2. The van der Waals surface area contributed by atoms with E-state index in [0.29, 0.717) is 42.5 Å². The maximum Gasteiger partial charge on any atom is 0.319 e. The number of aryl methyl sites for hydroxylation is 1. The van der Waals surface area contributed by atoms with Crippen LogP contribution in [0.15, 0.2) is 6.07 Å². The summed E-state index contributed by atoms with van der Waals surface area (Å²) < 4.78 is 30.2. The zero-order valence-corrected chi connectivity index (χ0v) is 22.2.